The molecule has 2 rings (SSSR count). The monoisotopic (exact) mass is 370 g/mol. The van der Waals surface area contributed by atoms with Crippen molar-refractivity contribution in [2.75, 3.05) is 36.1 Å². The van der Waals surface area contributed by atoms with Gasteiger partial charge in [0.05, 0.1) is 5.75 Å². The van der Waals surface area contributed by atoms with Crippen molar-refractivity contribution in [1.82, 2.24) is 10.2 Å². The van der Waals surface area contributed by atoms with E-state index in [4.69, 9.17) is 4.74 Å². The van der Waals surface area contributed by atoms with E-state index in [1.54, 1.807) is 12.1 Å². The third kappa shape index (κ3) is 6.81. The molecule has 0 bridgehead atoms. The lowest BCUT2D eigenvalue weighted by Gasteiger charge is -2.03. The van der Waals surface area contributed by atoms with Gasteiger partial charge in [-0.2, -0.15) is 0 Å². The largest absolute Gasteiger partial charge is 0.382 e. The highest BCUT2D eigenvalue weighted by atomic mass is 32.2. The second-order valence-electron chi connectivity index (χ2n) is 4.70. The quantitative estimate of drug-likeness (QED) is 0.494. The lowest BCUT2D eigenvalue weighted by atomic mass is 10.3. The molecule has 2 N–H and O–H groups in total. The Labute approximate surface area is 148 Å². The molecule has 24 heavy (non-hydrogen) atoms. The second kappa shape index (κ2) is 10.2. The van der Waals surface area contributed by atoms with Crippen LogP contribution in [-0.2, 0) is 9.53 Å². The van der Waals surface area contributed by atoms with Gasteiger partial charge in [-0.15, -0.1) is 10.2 Å². The van der Waals surface area contributed by atoms with Crippen LogP contribution in [0.25, 0.3) is 0 Å². The minimum absolute atomic E-state index is 0.190. The second-order valence-corrected chi connectivity index (χ2v) is 6.90. The van der Waals surface area contributed by atoms with E-state index in [2.05, 4.69) is 20.8 Å². The smallest absolute Gasteiger partial charge is 0.234 e. The Hall–Kier alpha value is -1.71. The first-order valence-corrected chi connectivity index (χ1v) is 9.31. The summed E-state index contributed by atoms with van der Waals surface area (Å²) in [5.41, 5.74) is 0.439. The molecular weight excluding hydrogens is 351 g/mol. The van der Waals surface area contributed by atoms with E-state index < -0.39 is 0 Å². The molecule has 0 saturated heterocycles. The highest BCUT2D eigenvalue weighted by Gasteiger charge is 2.08. The molecule has 0 spiro atoms. The molecule has 6 nitrogen and oxygen atoms in total. The maximum Gasteiger partial charge on any atom is 0.234 e. The highest BCUT2D eigenvalue weighted by Crippen LogP contribution is 2.25. The maximum atomic E-state index is 13.1. The molecule has 1 aromatic carbocycles. The molecule has 0 radical (unpaired) electrons. The van der Waals surface area contributed by atoms with Crippen LogP contribution in [0.1, 0.15) is 13.3 Å². The SMILES string of the molecule is CCOCCCNc1nnc(SCC(=O)Nc2cccc(F)c2)s1. The number of hydrogen-bond acceptors (Lipinski definition) is 7. The summed E-state index contributed by atoms with van der Waals surface area (Å²) < 4.78 is 19.0. The van der Waals surface area contributed by atoms with Crippen LogP contribution >= 0.6 is 23.1 Å². The molecule has 0 atom stereocenters. The van der Waals surface area contributed by atoms with Gasteiger partial charge < -0.3 is 15.4 Å². The highest BCUT2D eigenvalue weighted by molar-refractivity contribution is 8.01. The number of hydrogen-bond donors (Lipinski definition) is 2. The summed E-state index contributed by atoms with van der Waals surface area (Å²) >= 11 is 2.69. The molecule has 1 heterocycles. The van der Waals surface area contributed by atoms with E-state index in [0.29, 0.717) is 16.6 Å². The van der Waals surface area contributed by atoms with Gasteiger partial charge in [-0.1, -0.05) is 29.2 Å². The molecule has 2 aromatic rings. The molecule has 9 heteroatoms. The lowest BCUT2D eigenvalue weighted by molar-refractivity contribution is -0.113. The number of ether oxygens (including phenoxy) is 1. The van der Waals surface area contributed by atoms with Gasteiger partial charge in [-0.05, 0) is 31.5 Å². The molecule has 0 fully saturated rings. The number of benzene rings is 1. The number of anilines is 2. The van der Waals surface area contributed by atoms with Crippen LogP contribution in [0.4, 0.5) is 15.2 Å². The van der Waals surface area contributed by atoms with Crippen LogP contribution in [0.3, 0.4) is 0 Å². The van der Waals surface area contributed by atoms with Gasteiger partial charge in [-0.25, -0.2) is 4.39 Å². The van der Waals surface area contributed by atoms with Gasteiger partial charge in [0, 0.05) is 25.4 Å². The third-order valence-corrected chi connectivity index (χ3v) is 4.80. The Morgan fingerprint density at radius 2 is 2.29 bits per heavy atom. The third-order valence-electron chi connectivity index (χ3n) is 2.79. The zero-order valence-corrected chi connectivity index (χ0v) is 14.9. The average Bonchev–Trinajstić information content (AvgIpc) is 3.01. The standard InChI is InChI=1S/C15H19FN4O2S2/c1-2-22-8-4-7-17-14-19-20-15(24-14)23-10-13(21)18-12-6-3-5-11(16)9-12/h3,5-6,9H,2,4,7-8,10H2,1H3,(H,17,19)(H,18,21). The molecular formula is C15H19FN4O2S2. The van der Waals surface area contributed by atoms with Crippen molar-refractivity contribution < 1.29 is 13.9 Å². The molecule has 130 valence electrons. The lowest BCUT2D eigenvalue weighted by Crippen LogP contribution is -2.13. The van der Waals surface area contributed by atoms with Crippen molar-refractivity contribution in [3.05, 3.63) is 30.1 Å². The number of carbonyl (C=O) groups is 1. The molecule has 0 saturated carbocycles. The molecule has 0 unspecified atom stereocenters. The Kier molecular flexibility index (Phi) is 7.93. The normalized spacial score (nSPS) is 10.6. The summed E-state index contributed by atoms with van der Waals surface area (Å²) in [6, 6.07) is 5.79. The van der Waals surface area contributed by atoms with Crippen LogP contribution in [0.2, 0.25) is 0 Å². The van der Waals surface area contributed by atoms with Crippen LogP contribution in [0, 0.1) is 5.82 Å². The Balaban J connectivity index is 1.69. The molecule has 0 aliphatic carbocycles. The van der Waals surface area contributed by atoms with Gasteiger partial charge in [-0.3, -0.25) is 4.79 Å². The van der Waals surface area contributed by atoms with Crippen molar-refractivity contribution in [1.29, 1.82) is 0 Å². The summed E-state index contributed by atoms with van der Waals surface area (Å²) in [5.74, 6) is -0.410. The predicted molar refractivity (Wildman–Crippen MR) is 95.3 cm³/mol. The Morgan fingerprint density at radius 3 is 3.08 bits per heavy atom. The zero-order chi connectivity index (χ0) is 17.2. The fourth-order valence-electron chi connectivity index (χ4n) is 1.74. The van der Waals surface area contributed by atoms with Crippen LogP contribution in [0.15, 0.2) is 28.6 Å². The topological polar surface area (TPSA) is 76.1 Å². The molecule has 0 aliphatic rings. The van der Waals surface area contributed by atoms with Crippen LogP contribution < -0.4 is 10.6 Å². The first-order chi connectivity index (χ1) is 11.7. The number of halogens is 1. The summed E-state index contributed by atoms with van der Waals surface area (Å²) in [6.07, 6.45) is 0.895. The van der Waals surface area contributed by atoms with Gasteiger partial charge in [0.25, 0.3) is 0 Å². The van der Waals surface area contributed by atoms with E-state index in [-0.39, 0.29) is 17.5 Å². The minimum atomic E-state index is -0.385. The van der Waals surface area contributed by atoms with Gasteiger partial charge in [0.2, 0.25) is 11.0 Å². The molecule has 1 amide bonds. The molecule has 0 aliphatic heterocycles. The average molecular weight is 370 g/mol. The van der Waals surface area contributed by atoms with Crippen molar-refractivity contribution >= 4 is 39.8 Å². The van der Waals surface area contributed by atoms with E-state index in [0.717, 1.165) is 24.7 Å². The van der Waals surface area contributed by atoms with E-state index in [9.17, 15) is 9.18 Å². The summed E-state index contributed by atoms with van der Waals surface area (Å²) in [6.45, 7) is 4.16. The van der Waals surface area contributed by atoms with Gasteiger partial charge in [0.1, 0.15) is 5.82 Å². The van der Waals surface area contributed by atoms with Crippen molar-refractivity contribution in [3.8, 4) is 0 Å². The van der Waals surface area contributed by atoms with Crippen LogP contribution in [-0.4, -0.2) is 41.6 Å². The summed E-state index contributed by atoms with van der Waals surface area (Å²) in [4.78, 5) is 11.8. The maximum absolute atomic E-state index is 13.1. The fraction of sp³-hybridized carbons (Fsp3) is 0.400. The Morgan fingerprint density at radius 1 is 1.42 bits per heavy atom. The zero-order valence-electron chi connectivity index (χ0n) is 13.3. The minimum Gasteiger partial charge on any atom is -0.382 e. The number of aromatic nitrogens is 2. The van der Waals surface area contributed by atoms with Crippen molar-refractivity contribution in [2.24, 2.45) is 0 Å². The first-order valence-electron chi connectivity index (χ1n) is 7.50. The fourth-order valence-corrected chi connectivity index (χ4v) is 3.32. The van der Waals surface area contributed by atoms with Crippen molar-refractivity contribution in [3.63, 3.8) is 0 Å². The first kappa shape index (κ1) is 18.6. The summed E-state index contributed by atoms with van der Waals surface area (Å²) in [7, 11) is 0. The number of nitrogens with zero attached hydrogens (tertiary/aromatic N) is 2. The Bertz CT molecular complexity index is 654. The predicted octanol–water partition coefficient (Wildman–Crippen LogP) is 3.25. The number of amides is 1. The van der Waals surface area contributed by atoms with E-state index in [1.165, 1.54) is 35.2 Å². The number of nitrogens with one attached hydrogen (secondary N) is 2. The van der Waals surface area contributed by atoms with Crippen LogP contribution in [0.5, 0.6) is 0 Å². The van der Waals surface area contributed by atoms with Gasteiger partial charge in [0.15, 0.2) is 4.34 Å². The van der Waals surface area contributed by atoms with Gasteiger partial charge >= 0.3 is 0 Å². The number of carbonyl (C=O) groups excluding carboxylic acids is 1. The summed E-state index contributed by atoms with van der Waals surface area (Å²) in [5, 5.41) is 14.6. The van der Waals surface area contributed by atoms with E-state index >= 15 is 0 Å². The molecule has 1 aromatic heterocycles. The van der Waals surface area contributed by atoms with E-state index in [1.807, 2.05) is 6.92 Å². The van der Waals surface area contributed by atoms with Crippen molar-refractivity contribution in [2.45, 2.75) is 17.7 Å². The number of rotatable bonds is 10. The number of thioether (sulfide) groups is 1.